The van der Waals surface area contributed by atoms with Gasteiger partial charge in [0.2, 0.25) is 0 Å². The molecule has 4 nitrogen and oxygen atoms in total. The molecule has 0 unspecified atom stereocenters. The molecule has 0 amide bonds. The number of pyridine rings is 4. The molecule has 0 saturated heterocycles. The Kier molecular flexibility index (Phi) is 70.8. The van der Waals surface area contributed by atoms with Crippen LogP contribution in [0.1, 0.15) is 159 Å². The van der Waals surface area contributed by atoms with E-state index < -0.39 is 0 Å². The van der Waals surface area contributed by atoms with E-state index in [4.69, 9.17) is 0 Å². The van der Waals surface area contributed by atoms with Crippen molar-refractivity contribution in [3.63, 3.8) is 0 Å². The molecule has 0 aliphatic heterocycles. The monoisotopic (exact) mass is 1020 g/mol. The molecule has 7 heteroatoms. The van der Waals surface area contributed by atoms with Crippen molar-refractivity contribution in [3.05, 3.63) is 193 Å². The van der Waals surface area contributed by atoms with Gasteiger partial charge in [0.15, 0.2) is 0 Å². The van der Waals surface area contributed by atoms with E-state index >= 15 is 0 Å². The van der Waals surface area contributed by atoms with Crippen LogP contribution in [0, 0.1) is 18.2 Å². The average Bonchev–Trinajstić information content (AvgIpc) is 4.26. The SMILES string of the molecule is C1=CCC(c2ccccn2)=C1.CC.CC.CC.CC.CC.CC.CC.CC.[C-]1=C(c2ccccn2)CC=C1.[C-]1=C(c2ccccn2)CC=C1.[C-]1=C(c2ccccn2)CC=C1.[Ir].[Li+].[Li+]. The minimum atomic E-state index is 0. The summed E-state index contributed by atoms with van der Waals surface area (Å²) in [5.74, 6) is 0. The fraction of sp³-hybridized carbons (Fsp3) is 0.357. The molecule has 4 aliphatic rings. The van der Waals surface area contributed by atoms with Gasteiger partial charge in [-0.25, -0.2) is 0 Å². The molecule has 0 saturated carbocycles. The van der Waals surface area contributed by atoms with Crippen LogP contribution >= 0.6 is 0 Å². The molecular weight excluding hydrogens is 935 g/mol. The summed E-state index contributed by atoms with van der Waals surface area (Å²) < 4.78 is 0. The molecular formula is C56H81IrLi2N4-. The number of nitrogens with zero attached hydrogens (tertiary/aromatic N) is 4. The third-order valence-corrected chi connectivity index (χ3v) is 6.78. The van der Waals surface area contributed by atoms with Gasteiger partial charge in [0.25, 0.3) is 0 Å². The molecule has 1 radical (unpaired) electrons. The van der Waals surface area contributed by atoms with Crippen molar-refractivity contribution in [2.45, 2.75) is 136 Å². The van der Waals surface area contributed by atoms with Gasteiger partial charge in [-0.2, -0.15) is 54.7 Å². The predicted molar refractivity (Wildman–Crippen MR) is 271 cm³/mol. The maximum absolute atomic E-state index is 4.25. The molecule has 0 atom stereocenters. The Hall–Kier alpha value is -3.64. The van der Waals surface area contributed by atoms with Crippen molar-refractivity contribution in [3.8, 4) is 0 Å². The minimum absolute atomic E-state index is 0. The quantitative estimate of drug-likeness (QED) is 0.151. The topological polar surface area (TPSA) is 51.6 Å². The Morgan fingerprint density at radius 2 is 0.619 bits per heavy atom. The van der Waals surface area contributed by atoms with Crippen LogP contribution < -0.4 is 37.7 Å². The molecule has 63 heavy (non-hydrogen) atoms. The van der Waals surface area contributed by atoms with Gasteiger partial charge in [-0.15, -0.1) is 16.7 Å². The van der Waals surface area contributed by atoms with Crippen LogP contribution in [-0.4, -0.2) is 19.9 Å². The van der Waals surface area contributed by atoms with Crippen molar-refractivity contribution >= 4 is 22.3 Å². The standard InChI is InChI=1S/C10H9N.3C10H8N.8C2H6.Ir.2Li/c4*1-2-6-9(5-1)10-7-3-4-8-11-10;8*1-2;;;/h1-5,7-8H,6H2;3*1-4,7-8H,5H2;8*1-2H3;;;/q;3*-1;;;;;;;;;;2*+1. The third-order valence-electron chi connectivity index (χ3n) is 6.78. The van der Waals surface area contributed by atoms with E-state index in [-0.39, 0.29) is 57.8 Å². The van der Waals surface area contributed by atoms with E-state index in [1.807, 2.05) is 227 Å². The smallest absolute Gasteiger partial charge is 0.320 e. The molecule has 0 bridgehead atoms. The Balaban J connectivity index is -0.000000118. The second kappa shape index (κ2) is 60.5. The molecule has 4 aromatic heterocycles. The molecule has 4 aromatic rings. The van der Waals surface area contributed by atoms with E-state index in [0.717, 1.165) is 48.5 Å². The predicted octanol–water partition coefficient (Wildman–Crippen LogP) is 11.3. The van der Waals surface area contributed by atoms with Crippen LogP contribution in [0.4, 0.5) is 0 Å². The number of allylic oxidation sites excluding steroid dienone is 16. The largest absolute Gasteiger partial charge is 1.00 e. The summed E-state index contributed by atoms with van der Waals surface area (Å²) in [6, 6.07) is 23.8. The summed E-state index contributed by atoms with van der Waals surface area (Å²) in [5, 5.41) is 0. The maximum atomic E-state index is 4.25. The summed E-state index contributed by atoms with van der Waals surface area (Å²) in [4.78, 5) is 16.9. The fourth-order valence-corrected chi connectivity index (χ4v) is 4.53. The van der Waals surface area contributed by atoms with Gasteiger partial charge in [0.1, 0.15) is 0 Å². The first-order valence-corrected chi connectivity index (χ1v) is 22.7. The Morgan fingerprint density at radius 3 is 0.810 bits per heavy atom. The van der Waals surface area contributed by atoms with Gasteiger partial charge in [0, 0.05) is 44.9 Å². The second-order valence-corrected chi connectivity index (χ2v) is 9.87. The van der Waals surface area contributed by atoms with E-state index in [9.17, 15) is 0 Å². The zero-order valence-electron chi connectivity index (χ0n) is 42.9. The summed E-state index contributed by atoms with van der Waals surface area (Å²) in [5.41, 5.74) is 9.08. The first kappa shape index (κ1) is 73.7. The fourth-order valence-electron chi connectivity index (χ4n) is 4.53. The van der Waals surface area contributed by atoms with Crippen molar-refractivity contribution in [2.75, 3.05) is 0 Å². The van der Waals surface area contributed by atoms with Crippen LogP contribution in [-0.2, 0) is 20.1 Å². The van der Waals surface area contributed by atoms with E-state index in [0.29, 0.717) is 0 Å². The van der Waals surface area contributed by atoms with Gasteiger partial charge >= 0.3 is 37.7 Å². The van der Waals surface area contributed by atoms with Crippen molar-refractivity contribution in [2.24, 2.45) is 0 Å². The normalized spacial score (nSPS) is 11.3. The van der Waals surface area contributed by atoms with E-state index in [2.05, 4.69) is 74.6 Å². The zero-order chi connectivity index (χ0) is 46.1. The summed E-state index contributed by atoms with van der Waals surface area (Å²) in [6.45, 7) is 32.0. The van der Waals surface area contributed by atoms with E-state index in [1.165, 1.54) is 22.3 Å². The molecule has 337 valence electrons. The first-order valence-electron chi connectivity index (χ1n) is 22.7. The molecule has 0 aromatic carbocycles. The van der Waals surface area contributed by atoms with Crippen molar-refractivity contribution in [1.82, 2.24) is 19.9 Å². The summed E-state index contributed by atoms with van der Waals surface area (Å²) in [6.07, 6.45) is 39.1. The molecule has 0 fully saturated rings. The number of aromatic nitrogens is 4. The first-order chi connectivity index (χ1) is 29.9. The molecule has 4 heterocycles. The zero-order valence-corrected chi connectivity index (χ0v) is 45.3. The van der Waals surface area contributed by atoms with Crippen LogP contribution in [0.3, 0.4) is 0 Å². The molecule has 8 rings (SSSR count). The summed E-state index contributed by atoms with van der Waals surface area (Å²) >= 11 is 0. The van der Waals surface area contributed by atoms with Crippen molar-refractivity contribution < 1.29 is 57.8 Å². The molecule has 4 aliphatic carbocycles. The number of hydrogen-bond donors (Lipinski definition) is 0. The van der Waals surface area contributed by atoms with Crippen LogP contribution in [0.5, 0.6) is 0 Å². The van der Waals surface area contributed by atoms with Gasteiger partial charge in [-0.3, -0.25) is 4.98 Å². The third kappa shape index (κ3) is 35.4. The van der Waals surface area contributed by atoms with Crippen LogP contribution in [0.25, 0.3) is 22.3 Å². The van der Waals surface area contributed by atoms with Crippen LogP contribution in [0.2, 0.25) is 0 Å². The average molecular weight is 1020 g/mol. The van der Waals surface area contributed by atoms with Gasteiger partial charge in [-0.1, -0.05) is 191 Å². The maximum Gasteiger partial charge on any atom is 1.00 e. The van der Waals surface area contributed by atoms with Gasteiger partial charge < -0.3 is 15.0 Å². The molecule has 0 N–H and O–H groups in total. The molecule has 0 spiro atoms. The Labute approximate surface area is 426 Å². The number of rotatable bonds is 4. The van der Waals surface area contributed by atoms with Gasteiger partial charge in [0.05, 0.1) is 5.69 Å². The number of hydrogen-bond acceptors (Lipinski definition) is 4. The summed E-state index contributed by atoms with van der Waals surface area (Å²) in [7, 11) is 0. The Morgan fingerprint density at radius 1 is 0.349 bits per heavy atom. The van der Waals surface area contributed by atoms with Crippen molar-refractivity contribution in [1.29, 1.82) is 0 Å². The second-order valence-electron chi connectivity index (χ2n) is 9.87. The Bertz CT molecular complexity index is 1470. The van der Waals surface area contributed by atoms with E-state index in [1.54, 1.807) is 0 Å². The minimum Gasteiger partial charge on any atom is -0.320 e. The van der Waals surface area contributed by atoms with Crippen LogP contribution in [0.15, 0.2) is 152 Å². The van der Waals surface area contributed by atoms with Gasteiger partial charge in [-0.05, 0) is 59.4 Å².